The van der Waals surface area contributed by atoms with Crippen molar-refractivity contribution in [2.75, 3.05) is 19.5 Å². The predicted molar refractivity (Wildman–Crippen MR) is 77.2 cm³/mol. The van der Waals surface area contributed by atoms with E-state index in [-0.39, 0.29) is 27.6 Å². The zero-order chi connectivity index (χ0) is 14.6. The molecule has 1 rings (SSSR count). The summed E-state index contributed by atoms with van der Waals surface area (Å²) in [5.74, 6) is 0. The molecule has 3 N–H and O–H groups in total. The lowest BCUT2D eigenvalue weighted by Crippen LogP contribution is -2.37. The minimum absolute atomic E-state index is 0.00947. The van der Waals surface area contributed by atoms with E-state index in [4.69, 9.17) is 33.7 Å². The molecule has 0 fully saturated rings. The highest BCUT2D eigenvalue weighted by Gasteiger charge is 2.25. The molecule has 0 bridgehead atoms. The Morgan fingerprint density at radius 2 is 1.89 bits per heavy atom. The van der Waals surface area contributed by atoms with Gasteiger partial charge in [-0.15, -0.1) is 0 Å². The number of sulfonamides is 1. The first kappa shape index (κ1) is 16.5. The molecule has 5 nitrogen and oxygen atoms in total. The van der Waals surface area contributed by atoms with Crippen molar-refractivity contribution in [3.63, 3.8) is 0 Å². The fourth-order valence-corrected chi connectivity index (χ4v) is 4.09. The molecular formula is C11H16Cl2N2O3S. The number of ether oxygens (including phenoxy) is 1. The summed E-state index contributed by atoms with van der Waals surface area (Å²) >= 11 is 11.8. The highest BCUT2D eigenvalue weighted by Crippen LogP contribution is 2.31. The molecule has 1 aromatic rings. The molecule has 0 aliphatic heterocycles. The maximum Gasteiger partial charge on any atom is 0.243 e. The number of hydrogen-bond acceptors (Lipinski definition) is 4. The van der Waals surface area contributed by atoms with Crippen LogP contribution >= 0.6 is 23.2 Å². The number of hydrogen-bond donors (Lipinski definition) is 2. The number of nitrogens with two attached hydrogens (primary N) is 1. The Morgan fingerprint density at radius 3 is 2.32 bits per heavy atom. The van der Waals surface area contributed by atoms with Crippen LogP contribution in [-0.2, 0) is 14.8 Å². The van der Waals surface area contributed by atoms with Crippen LogP contribution in [0.5, 0.6) is 0 Å². The van der Waals surface area contributed by atoms with E-state index in [1.165, 1.54) is 19.2 Å². The maximum atomic E-state index is 12.3. The molecule has 1 aromatic carbocycles. The van der Waals surface area contributed by atoms with Crippen molar-refractivity contribution in [1.82, 2.24) is 4.72 Å². The molecule has 0 radical (unpaired) electrons. The van der Waals surface area contributed by atoms with Crippen molar-refractivity contribution >= 4 is 38.9 Å². The number of methoxy groups -OCH3 is 1. The van der Waals surface area contributed by atoms with Gasteiger partial charge in [0.1, 0.15) is 4.90 Å². The van der Waals surface area contributed by atoms with Gasteiger partial charge in [0.15, 0.2) is 0 Å². The second kappa shape index (κ2) is 6.76. The van der Waals surface area contributed by atoms with E-state index < -0.39 is 10.0 Å². The minimum atomic E-state index is -3.82. The number of nitrogen functional groups attached to an aromatic ring is 1. The molecule has 0 aliphatic carbocycles. The van der Waals surface area contributed by atoms with Gasteiger partial charge in [0.25, 0.3) is 0 Å². The number of anilines is 1. The van der Waals surface area contributed by atoms with Crippen molar-refractivity contribution in [3.05, 3.63) is 22.2 Å². The first-order chi connectivity index (χ1) is 8.81. The number of nitrogens with one attached hydrogen (secondary N) is 1. The summed E-state index contributed by atoms with van der Waals surface area (Å²) in [6, 6.07) is 2.35. The van der Waals surface area contributed by atoms with Gasteiger partial charge in [0, 0.05) is 18.8 Å². The van der Waals surface area contributed by atoms with Crippen LogP contribution in [0.25, 0.3) is 0 Å². The van der Waals surface area contributed by atoms with E-state index in [2.05, 4.69) is 4.72 Å². The van der Waals surface area contributed by atoms with E-state index in [0.717, 1.165) is 0 Å². The lowest BCUT2D eigenvalue weighted by molar-refractivity contribution is 0.173. The first-order valence-corrected chi connectivity index (χ1v) is 7.81. The molecule has 0 amide bonds. The van der Waals surface area contributed by atoms with Crippen LogP contribution in [0, 0.1) is 0 Å². The van der Waals surface area contributed by atoms with E-state index in [1.807, 2.05) is 6.92 Å². The van der Waals surface area contributed by atoms with Gasteiger partial charge >= 0.3 is 0 Å². The van der Waals surface area contributed by atoms with Crippen molar-refractivity contribution < 1.29 is 13.2 Å². The molecule has 0 aliphatic rings. The van der Waals surface area contributed by atoms with Gasteiger partial charge in [0.2, 0.25) is 10.0 Å². The Hall–Kier alpha value is -0.530. The van der Waals surface area contributed by atoms with Crippen molar-refractivity contribution in [2.45, 2.75) is 24.3 Å². The van der Waals surface area contributed by atoms with Crippen LogP contribution in [0.3, 0.4) is 0 Å². The molecule has 0 saturated carbocycles. The zero-order valence-corrected chi connectivity index (χ0v) is 12.9. The third-order valence-electron chi connectivity index (χ3n) is 2.47. The van der Waals surface area contributed by atoms with Gasteiger partial charge < -0.3 is 10.5 Å². The van der Waals surface area contributed by atoms with E-state index in [9.17, 15) is 8.42 Å². The average molecular weight is 327 g/mol. The standard InChI is InChI=1S/C11H16Cl2N2O3S/c1-3-8(6-18-2)15-19(16,17)11-9(12)4-7(14)5-10(11)13/h4-5,8,15H,3,6,14H2,1-2H3. The molecular weight excluding hydrogens is 311 g/mol. The lowest BCUT2D eigenvalue weighted by Gasteiger charge is -2.17. The maximum absolute atomic E-state index is 12.3. The molecule has 0 aromatic heterocycles. The topological polar surface area (TPSA) is 81.4 Å². The summed E-state index contributed by atoms with van der Waals surface area (Å²) in [7, 11) is -2.32. The third-order valence-corrected chi connectivity index (χ3v) is 4.91. The normalized spacial score (nSPS) is 13.5. The van der Waals surface area contributed by atoms with Gasteiger partial charge in [-0.05, 0) is 18.6 Å². The fourth-order valence-electron chi connectivity index (χ4n) is 1.55. The highest BCUT2D eigenvalue weighted by atomic mass is 35.5. The van der Waals surface area contributed by atoms with Gasteiger partial charge in [-0.1, -0.05) is 30.1 Å². The molecule has 0 heterocycles. The largest absolute Gasteiger partial charge is 0.399 e. The molecule has 108 valence electrons. The van der Waals surface area contributed by atoms with Crippen LogP contribution in [0.15, 0.2) is 17.0 Å². The van der Waals surface area contributed by atoms with E-state index in [0.29, 0.717) is 12.1 Å². The van der Waals surface area contributed by atoms with Crippen LogP contribution in [-0.4, -0.2) is 28.2 Å². The van der Waals surface area contributed by atoms with Crippen LogP contribution in [0.2, 0.25) is 10.0 Å². The Labute approximate surface area is 123 Å². The second-order valence-electron chi connectivity index (χ2n) is 4.00. The molecule has 0 saturated heterocycles. The van der Waals surface area contributed by atoms with Gasteiger partial charge in [-0.3, -0.25) is 0 Å². The van der Waals surface area contributed by atoms with Crippen LogP contribution < -0.4 is 10.5 Å². The van der Waals surface area contributed by atoms with Gasteiger partial charge in [-0.2, -0.15) is 0 Å². The number of rotatable bonds is 6. The van der Waals surface area contributed by atoms with E-state index in [1.54, 1.807) is 0 Å². The van der Waals surface area contributed by atoms with Crippen molar-refractivity contribution in [3.8, 4) is 0 Å². The Kier molecular flexibility index (Phi) is 5.88. The summed E-state index contributed by atoms with van der Waals surface area (Å²) in [4.78, 5) is -0.167. The SMILES string of the molecule is CCC(COC)NS(=O)(=O)c1c(Cl)cc(N)cc1Cl. The Balaban J connectivity index is 3.14. The minimum Gasteiger partial charge on any atom is -0.399 e. The quantitative estimate of drug-likeness (QED) is 0.786. The zero-order valence-electron chi connectivity index (χ0n) is 10.6. The molecule has 8 heteroatoms. The third kappa shape index (κ3) is 4.22. The second-order valence-corrected chi connectivity index (χ2v) is 6.46. The molecule has 0 spiro atoms. The van der Waals surface area contributed by atoms with Gasteiger partial charge in [-0.25, -0.2) is 13.1 Å². The molecule has 1 atom stereocenters. The molecule has 19 heavy (non-hydrogen) atoms. The number of halogens is 2. The van der Waals surface area contributed by atoms with Crippen molar-refractivity contribution in [2.24, 2.45) is 0 Å². The summed E-state index contributed by atoms with van der Waals surface area (Å²) in [5, 5.41) is -0.0189. The van der Waals surface area contributed by atoms with Crippen molar-refractivity contribution in [1.29, 1.82) is 0 Å². The predicted octanol–water partition coefficient (Wildman–Crippen LogP) is 2.28. The summed E-state index contributed by atoms with van der Waals surface area (Å²) in [5.41, 5.74) is 5.85. The average Bonchev–Trinajstić information content (AvgIpc) is 2.25. The fraction of sp³-hybridized carbons (Fsp3) is 0.455. The lowest BCUT2D eigenvalue weighted by atomic mass is 10.3. The summed E-state index contributed by atoms with van der Waals surface area (Å²) in [6.07, 6.45) is 0.581. The highest BCUT2D eigenvalue weighted by molar-refractivity contribution is 7.89. The number of benzene rings is 1. The summed E-state index contributed by atoms with van der Waals surface area (Å²) in [6.45, 7) is 2.11. The van der Waals surface area contributed by atoms with E-state index >= 15 is 0 Å². The monoisotopic (exact) mass is 326 g/mol. The molecule has 1 unspecified atom stereocenters. The summed E-state index contributed by atoms with van der Waals surface area (Å²) < 4.78 is 31.9. The smallest absolute Gasteiger partial charge is 0.243 e. The van der Waals surface area contributed by atoms with Gasteiger partial charge in [0.05, 0.1) is 16.7 Å². The van der Waals surface area contributed by atoms with Crippen LogP contribution in [0.4, 0.5) is 5.69 Å². The Morgan fingerprint density at radius 1 is 1.37 bits per heavy atom. The first-order valence-electron chi connectivity index (χ1n) is 5.57. The van der Waals surface area contributed by atoms with Crippen LogP contribution in [0.1, 0.15) is 13.3 Å². The Bertz CT molecular complexity index is 526.